The molecule has 2 N–H and O–H groups in total. The standard InChI is InChI=1S/C14H13ClFNO/c1-9(10-3-2-4-11(15)7-10)17-12-5-6-14(18)13(16)8-12/h2-9,17-18H,1H3. The lowest BCUT2D eigenvalue weighted by atomic mass is 10.1. The lowest BCUT2D eigenvalue weighted by molar-refractivity contribution is 0.432. The first-order valence-electron chi connectivity index (χ1n) is 5.57. The van der Waals surface area contributed by atoms with E-state index in [-0.39, 0.29) is 11.8 Å². The quantitative estimate of drug-likeness (QED) is 0.809. The number of phenolic OH excluding ortho intramolecular Hbond substituents is 1. The minimum Gasteiger partial charge on any atom is -0.505 e. The first-order valence-corrected chi connectivity index (χ1v) is 5.94. The molecule has 0 aliphatic rings. The van der Waals surface area contributed by atoms with Crippen molar-refractivity contribution in [3.63, 3.8) is 0 Å². The predicted octanol–water partition coefficient (Wildman–Crippen LogP) is 4.36. The molecule has 0 aliphatic heterocycles. The summed E-state index contributed by atoms with van der Waals surface area (Å²) in [5, 5.41) is 12.9. The third kappa shape index (κ3) is 2.93. The van der Waals surface area contributed by atoms with Gasteiger partial charge in [0, 0.05) is 22.8 Å². The van der Waals surface area contributed by atoms with Gasteiger partial charge >= 0.3 is 0 Å². The van der Waals surface area contributed by atoms with E-state index in [9.17, 15) is 4.39 Å². The van der Waals surface area contributed by atoms with Crippen molar-refractivity contribution >= 4 is 17.3 Å². The third-order valence-corrected chi connectivity index (χ3v) is 2.91. The Labute approximate surface area is 110 Å². The van der Waals surface area contributed by atoms with Crippen LogP contribution in [0, 0.1) is 5.82 Å². The van der Waals surface area contributed by atoms with Gasteiger partial charge in [-0.2, -0.15) is 0 Å². The summed E-state index contributed by atoms with van der Waals surface area (Å²) in [6, 6.07) is 11.7. The second-order valence-corrected chi connectivity index (χ2v) is 4.52. The number of benzene rings is 2. The van der Waals surface area contributed by atoms with Crippen molar-refractivity contribution in [1.29, 1.82) is 0 Å². The average Bonchev–Trinajstić information content (AvgIpc) is 2.34. The number of hydrogen-bond acceptors (Lipinski definition) is 2. The van der Waals surface area contributed by atoms with Gasteiger partial charge in [-0.25, -0.2) is 4.39 Å². The molecule has 2 aromatic rings. The van der Waals surface area contributed by atoms with Gasteiger partial charge in [-0.15, -0.1) is 0 Å². The Balaban J connectivity index is 2.16. The SMILES string of the molecule is CC(Nc1ccc(O)c(F)c1)c1cccc(Cl)c1. The van der Waals surface area contributed by atoms with Crippen LogP contribution in [0.2, 0.25) is 5.02 Å². The Kier molecular flexibility index (Phi) is 3.72. The summed E-state index contributed by atoms with van der Waals surface area (Å²) in [6.07, 6.45) is 0. The average molecular weight is 266 g/mol. The first kappa shape index (κ1) is 12.7. The topological polar surface area (TPSA) is 32.3 Å². The second kappa shape index (κ2) is 5.27. The van der Waals surface area contributed by atoms with Crippen molar-refractivity contribution in [1.82, 2.24) is 0 Å². The van der Waals surface area contributed by atoms with E-state index in [1.165, 1.54) is 12.1 Å². The number of phenols is 1. The van der Waals surface area contributed by atoms with Crippen molar-refractivity contribution in [3.8, 4) is 5.75 Å². The number of rotatable bonds is 3. The van der Waals surface area contributed by atoms with Gasteiger partial charge in [0.25, 0.3) is 0 Å². The van der Waals surface area contributed by atoms with Crippen molar-refractivity contribution in [2.45, 2.75) is 13.0 Å². The van der Waals surface area contributed by atoms with Crippen molar-refractivity contribution in [3.05, 3.63) is 58.9 Å². The smallest absolute Gasteiger partial charge is 0.166 e. The maximum Gasteiger partial charge on any atom is 0.166 e. The molecule has 0 spiro atoms. The fourth-order valence-electron chi connectivity index (χ4n) is 1.71. The van der Waals surface area contributed by atoms with Crippen molar-refractivity contribution in [2.75, 3.05) is 5.32 Å². The molecule has 0 saturated heterocycles. The molecule has 0 aromatic heterocycles. The second-order valence-electron chi connectivity index (χ2n) is 4.09. The van der Waals surface area contributed by atoms with E-state index >= 15 is 0 Å². The molecule has 0 aliphatic carbocycles. The van der Waals surface area contributed by atoms with Gasteiger partial charge in [-0.3, -0.25) is 0 Å². The van der Waals surface area contributed by atoms with Crippen LogP contribution in [0.5, 0.6) is 5.75 Å². The highest BCUT2D eigenvalue weighted by Gasteiger charge is 2.07. The van der Waals surface area contributed by atoms with E-state index in [2.05, 4.69) is 5.32 Å². The minimum atomic E-state index is -0.640. The summed E-state index contributed by atoms with van der Waals surface area (Å²) in [6.45, 7) is 1.95. The van der Waals surface area contributed by atoms with E-state index < -0.39 is 5.82 Å². The lowest BCUT2D eigenvalue weighted by Crippen LogP contribution is -2.06. The highest BCUT2D eigenvalue weighted by Crippen LogP contribution is 2.24. The molecule has 0 saturated carbocycles. The van der Waals surface area contributed by atoms with E-state index in [0.717, 1.165) is 5.56 Å². The fraction of sp³-hybridized carbons (Fsp3) is 0.143. The van der Waals surface area contributed by atoms with Crippen LogP contribution in [-0.4, -0.2) is 5.11 Å². The third-order valence-electron chi connectivity index (χ3n) is 2.68. The molecule has 18 heavy (non-hydrogen) atoms. The number of hydrogen-bond donors (Lipinski definition) is 2. The molecule has 0 bridgehead atoms. The van der Waals surface area contributed by atoms with Gasteiger partial charge in [-0.05, 0) is 36.8 Å². The normalized spacial score (nSPS) is 12.2. The molecule has 0 radical (unpaired) electrons. The molecule has 0 fully saturated rings. The van der Waals surface area contributed by atoms with Crippen LogP contribution < -0.4 is 5.32 Å². The highest BCUT2D eigenvalue weighted by atomic mass is 35.5. The molecular weight excluding hydrogens is 253 g/mol. The van der Waals surface area contributed by atoms with Gasteiger partial charge in [0.15, 0.2) is 11.6 Å². The Morgan fingerprint density at radius 2 is 2.00 bits per heavy atom. The molecular formula is C14H13ClFNO. The van der Waals surface area contributed by atoms with E-state index in [0.29, 0.717) is 10.7 Å². The summed E-state index contributed by atoms with van der Waals surface area (Å²) in [4.78, 5) is 0. The van der Waals surface area contributed by atoms with Gasteiger partial charge in [-0.1, -0.05) is 23.7 Å². The zero-order valence-corrected chi connectivity index (χ0v) is 10.6. The Bertz CT molecular complexity index is 559. The molecule has 0 amide bonds. The van der Waals surface area contributed by atoms with Gasteiger partial charge in [0.05, 0.1) is 0 Å². The van der Waals surface area contributed by atoms with E-state index in [4.69, 9.17) is 16.7 Å². The number of nitrogens with one attached hydrogen (secondary N) is 1. The molecule has 4 heteroatoms. The molecule has 0 heterocycles. The molecule has 2 rings (SSSR count). The van der Waals surface area contributed by atoms with Crippen molar-refractivity contribution < 1.29 is 9.50 Å². The predicted molar refractivity (Wildman–Crippen MR) is 71.6 cm³/mol. The van der Waals surface area contributed by atoms with Crippen LogP contribution in [0.1, 0.15) is 18.5 Å². The fourth-order valence-corrected chi connectivity index (χ4v) is 1.90. The number of anilines is 1. The van der Waals surface area contributed by atoms with E-state index in [1.54, 1.807) is 12.1 Å². The van der Waals surface area contributed by atoms with Crippen LogP contribution in [-0.2, 0) is 0 Å². The van der Waals surface area contributed by atoms with Crippen LogP contribution in [0.3, 0.4) is 0 Å². The zero-order valence-electron chi connectivity index (χ0n) is 9.82. The van der Waals surface area contributed by atoms with Gasteiger partial charge in [0.1, 0.15) is 0 Å². The number of aromatic hydroxyl groups is 1. The number of halogens is 2. The summed E-state index contributed by atoms with van der Waals surface area (Å²) < 4.78 is 13.2. The molecule has 94 valence electrons. The van der Waals surface area contributed by atoms with E-state index in [1.807, 2.05) is 25.1 Å². The molecule has 1 atom stereocenters. The summed E-state index contributed by atoms with van der Waals surface area (Å²) in [5.41, 5.74) is 1.62. The molecule has 1 unspecified atom stereocenters. The zero-order chi connectivity index (χ0) is 13.1. The van der Waals surface area contributed by atoms with Crippen LogP contribution >= 0.6 is 11.6 Å². The summed E-state index contributed by atoms with van der Waals surface area (Å²) in [5.74, 6) is -0.991. The van der Waals surface area contributed by atoms with Crippen LogP contribution in [0.25, 0.3) is 0 Å². The Morgan fingerprint density at radius 3 is 2.67 bits per heavy atom. The maximum atomic E-state index is 13.2. The largest absolute Gasteiger partial charge is 0.505 e. The Morgan fingerprint density at radius 1 is 1.22 bits per heavy atom. The van der Waals surface area contributed by atoms with Gasteiger partial charge in [0.2, 0.25) is 0 Å². The summed E-state index contributed by atoms with van der Waals surface area (Å²) in [7, 11) is 0. The monoisotopic (exact) mass is 265 g/mol. The first-order chi connectivity index (χ1) is 8.56. The van der Waals surface area contributed by atoms with Crippen LogP contribution in [0.4, 0.5) is 10.1 Å². The van der Waals surface area contributed by atoms with Crippen LogP contribution in [0.15, 0.2) is 42.5 Å². The van der Waals surface area contributed by atoms with Crippen molar-refractivity contribution in [2.24, 2.45) is 0 Å². The lowest BCUT2D eigenvalue weighted by Gasteiger charge is -2.16. The molecule has 2 aromatic carbocycles. The Hall–Kier alpha value is -1.74. The summed E-state index contributed by atoms with van der Waals surface area (Å²) >= 11 is 5.92. The highest BCUT2D eigenvalue weighted by molar-refractivity contribution is 6.30. The maximum absolute atomic E-state index is 13.2. The van der Waals surface area contributed by atoms with Gasteiger partial charge < -0.3 is 10.4 Å². The molecule has 2 nitrogen and oxygen atoms in total. The minimum absolute atomic E-state index is 0.00681.